The number of hydrogen-bond acceptors (Lipinski definition) is 14. The van der Waals surface area contributed by atoms with Crippen molar-refractivity contribution in [2.24, 2.45) is 0 Å². The molecule has 0 spiro atoms. The summed E-state index contributed by atoms with van der Waals surface area (Å²) in [6, 6.07) is 35.1. The van der Waals surface area contributed by atoms with Crippen LogP contribution in [0.3, 0.4) is 0 Å². The van der Waals surface area contributed by atoms with Gasteiger partial charge in [-0.05, 0) is 152 Å². The van der Waals surface area contributed by atoms with Gasteiger partial charge in [0.1, 0.15) is 0 Å². The van der Waals surface area contributed by atoms with Gasteiger partial charge in [0.25, 0.3) is 4.84 Å². The number of para-hydroxylation sites is 6. The van der Waals surface area contributed by atoms with Crippen LogP contribution < -0.4 is 0 Å². The van der Waals surface area contributed by atoms with E-state index in [1.165, 1.54) is 16.0 Å². The second-order valence-electron chi connectivity index (χ2n) is 11.4. The molecule has 0 aliphatic heterocycles. The zero-order valence-corrected chi connectivity index (χ0v) is 39.6. The van der Waals surface area contributed by atoms with Crippen LogP contribution in [0.1, 0.15) is 0 Å². The molecule has 0 aliphatic rings. The van der Waals surface area contributed by atoms with Crippen molar-refractivity contribution in [3.63, 3.8) is 0 Å². The Bertz CT molecular complexity index is 3140. The maximum Gasteiger partial charge on any atom is 0.266 e. The molecule has 0 atom stereocenters. The Morgan fingerprint density at radius 3 is 1.60 bits per heavy atom. The van der Waals surface area contributed by atoms with Gasteiger partial charge in [0.15, 0.2) is 31.8 Å². The molecule has 7 heterocycles. The van der Waals surface area contributed by atoms with E-state index in [0.717, 1.165) is 37.3 Å². The van der Waals surface area contributed by atoms with Gasteiger partial charge in [0, 0.05) is 24.8 Å². The summed E-state index contributed by atoms with van der Waals surface area (Å²) in [5.74, 6) is 0. The van der Waals surface area contributed by atoms with E-state index in [4.69, 9.17) is 77.7 Å². The van der Waals surface area contributed by atoms with E-state index in [2.05, 4.69) is 96.1 Å². The molecule has 0 amide bonds. The third kappa shape index (κ3) is 16.3. The molecule has 0 fully saturated rings. The zero-order chi connectivity index (χ0) is 44.1. The summed E-state index contributed by atoms with van der Waals surface area (Å²) in [5.41, 5.74) is 5.96. The van der Waals surface area contributed by atoms with E-state index in [1.54, 1.807) is 46.9 Å². The first kappa shape index (κ1) is 47.4. The van der Waals surface area contributed by atoms with Gasteiger partial charge < -0.3 is 39.3 Å². The average Bonchev–Trinajstić information content (AvgIpc) is 4.15. The topological polar surface area (TPSA) is 215 Å². The summed E-state index contributed by atoms with van der Waals surface area (Å²) in [7, 11) is 0. The number of rotatable bonds is 1. The fourth-order valence-corrected chi connectivity index (χ4v) is 7.65. The molecule has 62 heavy (non-hydrogen) atoms. The van der Waals surface area contributed by atoms with Crippen molar-refractivity contribution in [1.82, 2.24) is 70.3 Å². The molecule has 0 unspecified atom stereocenters. The van der Waals surface area contributed by atoms with Gasteiger partial charge in [-0.1, -0.05) is 76.2 Å². The van der Waals surface area contributed by atoms with Crippen molar-refractivity contribution in [3.8, 4) is 5.69 Å². The number of H-pyrrole nitrogens is 10. The molecular formula is C37H32N14OS10. The van der Waals surface area contributed by atoms with Crippen LogP contribution in [0, 0.1) is 35.8 Å². The minimum absolute atomic E-state index is 0.432. The Morgan fingerprint density at radius 2 is 1.11 bits per heavy atom. The van der Waals surface area contributed by atoms with E-state index in [1.807, 2.05) is 97.1 Å². The van der Waals surface area contributed by atoms with Gasteiger partial charge in [-0.15, -0.1) is 11.3 Å². The Hall–Kier alpha value is -5.61. The van der Waals surface area contributed by atoms with Crippen molar-refractivity contribution in [3.05, 3.63) is 170 Å². The number of imidazole rings is 2. The van der Waals surface area contributed by atoms with Gasteiger partial charge in [0.2, 0.25) is 4.77 Å². The number of nitrogens with one attached hydrogen (secondary N) is 10. The van der Waals surface area contributed by atoms with Gasteiger partial charge in [-0.3, -0.25) is 10.2 Å². The lowest BCUT2D eigenvalue weighted by atomic mass is 10.3. The molecule has 11 rings (SSSR count). The van der Waals surface area contributed by atoms with E-state index >= 15 is 0 Å². The molecule has 0 saturated carbocycles. The highest BCUT2D eigenvalue weighted by Gasteiger charge is 1.96. The predicted octanol–water partition coefficient (Wildman–Crippen LogP) is 13.1. The summed E-state index contributed by atoms with van der Waals surface area (Å²) in [6.45, 7) is 0. The number of tetrazole rings is 1. The number of fused-ring (bicyclic) bond motifs is 3. The Labute approximate surface area is 399 Å². The summed E-state index contributed by atoms with van der Waals surface area (Å²) in [5, 5.41) is 15.3. The second kappa shape index (κ2) is 25.4. The van der Waals surface area contributed by atoms with Crippen molar-refractivity contribution in [2.45, 2.75) is 0 Å². The fraction of sp³-hybridized carbons (Fsp3) is 0. The quantitative estimate of drug-likeness (QED) is 0.0696. The average molecular weight is 1010 g/mol. The second-order valence-corrected chi connectivity index (χ2v) is 17.4. The summed E-state index contributed by atoms with van der Waals surface area (Å²) >= 11 is 41.2. The van der Waals surface area contributed by atoms with Crippen molar-refractivity contribution in [1.29, 1.82) is 0 Å². The summed E-state index contributed by atoms with van der Waals surface area (Å²) in [6.07, 6.45) is 6.90. The van der Waals surface area contributed by atoms with Gasteiger partial charge in [0.05, 0.1) is 32.5 Å². The third-order valence-corrected chi connectivity index (χ3v) is 10.7. The SMILES string of the molecule is S=c1[nH][nH]c(=S)s1.S=c1[nH]c2ccccc2[nH]1.S=c1[nH]c2ccccc2o1.S=c1[nH]c2ccccc2s1.S=c1[nH]cc[nH]1.S=c1nccc[nH]1.S=c1nn[nH]n1-c1ccccc1. The van der Waals surface area contributed by atoms with Gasteiger partial charge >= 0.3 is 0 Å². The molecule has 4 aromatic carbocycles. The molecule has 0 radical (unpaired) electrons. The summed E-state index contributed by atoms with van der Waals surface area (Å²) in [4.78, 5) is 24.5. The molecule has 25 heteroatoms. The van der Waals surface area contributed by atoms with Crippen molar-refractivity contribution in [2.75, 3.05) is 0 Å². The molecular weight excluding hydrogens is 977 g/mol. The van der Waals surface area contributed by atoms with Crippen LogP contribution in [0.15, 0.2) is 138 Å². The van der Waals surface area contributed by atoms with Crippen LogP contribution in [0.4, 0.5) is 0 Å². The van der Waals surface area contributed by atoms with Crippen LogP contribution in [0.2, 0.25) is 0 Å². The predicted molar refractivity (Wildman–Crippen MR) is 269 cm³/mol. The molecule has 15 nitrogen and oxygen atoms in total. The van der Waals surface area contributed by atoms with E-state index in [9.17, 15) is 0 Å². The van der Waals surface area contributed by atoms with E-state index in [-0.39, 0.29) is 0 Å². The lowest BCUT2D eigenvalue weighted by Gasteiger charge is -1.97. The third-order valence-electron chi connectivity index (χ3n) is 7.11. The highest BCUT2D eigenvalue weighted by atomic mass is 32.2. The van der Waals surface area contributed by atoms with Crippen molar-refractivity contribution >= 4 is 153 Å². The number of thiazole rings is 1. The zero-order valence-electron chi connectivity index (χ0n) is 31.5. The molecule has 0 saturated heterocycles. The van der Waals surface area contributed by atoms with Crippen LogP contribution >= 0.6 is 120 Å². The number of aromatic amines is 10. The molecule has 0 aliphatic carbocycles. The summed E-state index contributed by atoms with van der Waals surface area (Å²) < 4.78 is 12.6. The van der Waals surface area contributed by atoms with Crippen LogP contribution in [0.25, 0.3) is 38.0 Å². The van der Waals surface area contributed by atoms with Gasteiger partial charge in [-0.25, -0.2) is 9.67 Å². The maximum absolute atomic E-state index is 5.13. The molecule has 10 N–H and O–H groups in total. The number of benzene rings is 4. The largest absolute Gasteiger partial charge is 0.429 e. The van der Waals surface area contributed by atoms with E-state index in [0.29, 0.717) is 31.8 Å². The first-order valence-electron chi connectivity index (χ1n) is 17.4. The first-order valence-corrected chi connectivity index (χ1v) is 22.3. The molecule has 11 aromatic rings. The fourth-order valence-electron chi connectivity index (χ4n) is 4.53. The minimum Gasteiger partial charge on any atom is -0.429 e. The lowest BCUT2D eigenvalue weighted by molar-refractivity contribution is 0.583. The Morgan fingerprint density at radius 1 is 0.516 bits per heavy atom. The number of aromatic nitrogens is 14. The molecule has 7 aromatic heterocycles. The van der Waals surface area contributed by atoms with Crippen molar-refractivity contribution < 1.29 is 4.42 Å². The normalized spacial score (nSPS) is 9.81. The highest BCUT2D eigenvalue weighted by Crippen LogP contribution is 2.17. The first-order chi connectivity index (χ1) is 30.0. The van der Waals surface area contributed by atoms with Crippen LogP contribution in [-0.4, -0.2) is 70.3 Å². The van der Waals surface area contributed by atoms with Crippen LogP contribution in [-0.2, 0) is 0 Å². The Balaban J connectivity index is 0.000000138. The highest BCUT2D eigenvalue weighted by molar-refractivity contribution is 7.76. The number of nitrogens with zero attached hydrogens (tertiary/aromatic N) is 4. The Kier molecular flexibility index (Phi) is 19.4. The van der Waals surface area contributed by atoms with Gasteiger partial charge in [-0.2, -0.15) is 5.21 Å². The smallest absolute Gasteiger partial charge is 0.266 e. The lowest BCUT2D eigenvalue weighted by Crippen LogP contribution is -1.95. The minimum atomic E-state index is 0.432. The van der Waals surface area contributed by atoms with E-state index < -0.39 is 0 Å². The molecule has 316 valence electrons. The van der Waals surface area contributed by atoms with Crippen LogP contribution in [0.5, 0.6) is 0 Å². The number of hydrogen-bond donors (Lipinski definition) is 10. The molecule has 0 bridgehead atoms. The number of oxazole rings is 1. The maximum atomic E-state index is 5.13. The standard InChI is InChI=1S/C7H6N4S.C7H6N2S.C7H5NOS.C7H5NS2.C4H4N2S.C3H4N2S.C2H2N2S3/c12-7-8-9-10-11(7)6-4-2-1-3-5-6;2*10-7-8-5-3-1-2-4-6(5)9-7;9-7-8-5-3-1-2-4-6(5)10-7;7-4-5-2-1-3-6-4;6-3-4-1-2-5-3;5-1-3-4-2(6)7-1/h1-5H,(H,8,10,12);1-4H,(H2,8,9,10);1-4H,(H,8,10);1-4H,(H,8,9);1-3H,(H,5,6,7);1-2H,(H2,4,5,6);(H,3,5)(H,4,6). The monoisotopic (exact) mass is 1010 g/mol.